The topological polar surface area (TPSA) is 132 Å². The number of benzene rings is 2. The second kappa shape index (κ2) is 13.1. The number of ether oxygens (including phenoxy) is 2. The van der Waals surface area contributed by atoms with Gasteiger partial charge in [0.15, 0.2) is 0 Å². The predicted octanol–water partition coefficient (Wildman–Crippen LogP) is 4.61. The van der Waals surface area contributed by atoms with Crippen LogP contribution in [0.15, 0.2) is 36.4 Å². The van der Waals surface area contributed by atoms with Crippen LogP contribution in [0.5, 0.6) is 5.75 Å². The van der Waals surface area contributed by atoms with Gasteiger partial charge >= 0.3 is 24.2 Å². The molecular formula is C27H28F6N4O6. The molecule has 1 fully saturated rings. The number of halogens is 6. The Balaban J connectivity index is 1.11. The average Bonchev–Trinajstić information content (AvgIpc) is 3.36. The first-order chi connectivity index (χ1) is 20.2. The average molecular weight is 619 g/mol. The molecule has 1 atom stereocenters. The van der Waals surface area contributed by atoms with Crippen molar-refractivity contribution in [2.24, 2.45) is 0 Å². The number of nitrogens with one attached hydrogen (secondary N) is 3. The molecule has 0 aromatic heterocycles. The highest BCUT2D eigenvalue weighted by Gasteiger charge is 2.39. The van der Waals surface area contributed by atoms with Crippen molar-refractivity contribution in [3.05, 3.63) is 63.2 Å². The molecule has 1 unspecified atom stereocenters. The van der Waals surface area contributed by atoms with Crippen LogP contribution in [-0.2, 0) is 33.1 Å². The van der Waals surface area contributed by atoms with Crippen LogP contribution in [-0.4, -0.2) is 54.7 Å². The van der Waals surface area contributed by atoms with Crippen LogP contribution in [0.25, 0.3) is 0 Å². The molecule has 2 aromatic carbocycles. The van der Waals surface area contributed by atoms with Crippen molar-refractivity contribution in [1.82, 2.24) is 10.6 Å². The summed E-state index contributed by atoms with van der Waals surface area (Å²) >= 11 is 0. The number of carbonyl (C=O) groups is 2. The van der Waals surface area contributed by atoms with Gasteiger partial charge in [0.25, 0.3) is 5.69 Å². The van der Waals surface area contributed by atoms with Crippen molar-refractivity contribution in [1.29, 1.82) is 0 Å². The lowest BCUT2D eigenvalue weighted by atomic mass is 9.92. The third-order valence-corrected chi connectivity index (χ3v) is 7.11. The Bertz CT molecular complexity index is 1340. The molecule has 10 nitrogen and oxygen atoms in total. The molecule has 2 aromatic rings. The lowest BCUT2D eigenvalue weighted by Crippen LogP contribution is -2.44. The van der Waals surface area contributed by atoms with Crippen LogP contribution in [0, 0.1) is 10.1 Å². The van der Waals surface area contributed by atoms with Crippen LogP contribution in [0.3, 0.4) is 0 Å². The minimum Gasteiger partial charge on any atom is -0.488 e. The molecule has 1 saturated carbocycles. The molecule has 1 aliphatic heterocycles. The lowest BCUT2D eigenvalue weighted by molar-refractivity contribution is -0.388. The summed E-state index contributed by atoms with van der Waals surface area (Å²) in [5.41, 5.74) is -2.64. The van der Waals surface area contributed by atoms with E-state index in [9.17, 15) is 46.0 Å². The van der Waals surface area contributed by atoms with E-state index in [-0.39, 0.29) is 44.0 Å². The minimum absolute atomic E-state index is 0.0407. The number of rotatable bonds is 9. The van der Waals surface area contributed by atoms with E-state index in [0.717, 1.165) is 24.3 Å². The smallest absolute Gasteiger partial charge is 0.423 e. The van der Waals surface area contributed by atoms with Gasteiger partial charge in [-0.1, -0.05) is 0 Å². The third kappa shape index (κ3) is 8.49. The second-order valence-corrected chi connectivity index (χ2v) is 10.2. The molecule has 2 aliphatic rings. The Labute approximate surface area is 241 Å². The van der Waals surface area contributed by atoms with Gasteiger partial charge in [-0.15, -0.1) is 0 Å². The summed E-state index contributed by atoms with van der Waals surface area (Å²) in [4.78, 5) is 34.0. The molecule has 1 heterocycles. The SMILES string of the molecule is O=C(NCCO[C@H]1CC[C@H](Nc2ccc([N+](=O)[O-])c(C(F)(F)F)c2)CC1)C(=O)NCC1Cc2cc(C(F)(F)F)ccc2O1. The Morgan fingerprint density at radius 3 is 2.30 bits per heavy atom. The van der Waals surface area contributed by atoms with Crippen molar-refractivity contribution in [2.45, 2.75) is 62.7 Å². The number of amides is 2. The maximum atomic E-state index is 13.2. The largest absolute Gasteiger partial charge is 0.488 e. The summed E-state index contributed by atoms with van der Waals surface area (Å²) in [5, 5.41) is 18.7. The first kappa shape index (κ1) is 31.8. The van der Waals surface area contributed by atoms with Gasteiger partial charge in [0.1, 0.15) is 17.4 Å². The zero-order valence-electron chi connectivity index (χ0n) is 22.5. The van der Waals surface area contributed by atoms with E-state index < -0.39 is 52.0 Å². The summed E-state index contributed by atoms with van der Waals surface area (Å²) < 4.78 is 89.6. The Morgan fingerprint density at radius 2 is 1.65 bits per heavy atom. The molecule has 3 N–H and O–H groups in total. The summed E-state index contributed by atoms with van der Waals surface area (Å²) in [6.07, 6.45) is -7.67. The molecule has 16 heteroatoms. The number of nitro groups is 1. The normalized spacial score (nSPS) is 20.1. The number of nitrogens with zero attached hydrogens (tertiary/aromatic N) is 1. The minimum atomic E-state index is -4.87. The van der Waals surface area contributed by atoms with E-state index in [2.05, 4.69) is 16.0 Å². The number of alkyl halides is 6. The van der Waals surface area contributed by atoms with Gasteiger partial charge in [-0.05, 0) is 61.6 Å². The molecule has 0 spiro atoms. The van der Waals surface area contributed by atoms with Crippen molar-refractivity contribution in [3.63, 3.8) is 0 Å². The highest BCUT2D eigenvalue weighted by atomic mass is 19.4. The fourth-order valence-corrected chi connectivity index (χ4v) is 4.99. The maximum Gasteiger partial charge on any atom is 0.423 e. The van der Waals surface area contributed by atoms with E-state index in [1.165, 1.54) is 12.1 Å². The maximum absolute atomic E-state index is 13.2. The number of nitro benzene ring substituents is 1. The molecule has 234 valence electrons. The number of hydrogen-bond acceptors (Lipinski definition) is 7. The Kier molecular flexibility index (Phi) is 9.67. The third-order valence-electron chi connectivity index (χ3n) is 7.11. The van der Waals surface area contributed by atoms with Gasteiger partial charge in [0, 0.05) is 30.8 Å². The van der Waals surface area contributed by atoms with Crippen molar-refractivity contribution in [2.75, 3.05) is 25.0 Å². The quantitative estimate of drug-likeness (QED) is 0.123. The van der Waals surface area contributed by atoms with Crippen LogP contribution in [0.4, 0.5) is 37.7 Å². The number of anilines is 1. The van der Waals surface area contributed by atoms with E-state index in [1.54, 1.807) is 0 Å². The van der Waals surface area contributed by atoms with Gasteiger partial charge in [-0.25, -0.2) is 0 Å². The molecule has 0 bridgehead atoms. The number of hydrogen-bond donors (Lipinski definition) is 3. The highest BCUT2D eigenvalue weighted by Crippen LogP contribution is 2.38. The standard InChI is InChI=1S/C27H28F6N4O6/c28-26(29,30)16-1-8-23-15(11-16)12-20(43-23)14-35-25(39)24(38)34-9-10-42-19-5-2-17(3-6-19)36-18-4-7-22(37(40)41)21(13-18)27(31,32)33/h1,4,7-8,11,13,17,19-20,36H,2-3,5-6,9-10,12,14H2,(H,34,38)(H,35,39)/t17-,19-,20?. The van der Waals surface area contributed by atoms with Gasteiger partial charge < -0.3 is 25.4 Å². The molecule has 0 saturated heterocycles. The summed E-state index contributed by atoms with van der Waals surface area (Å²) in [5.74, 6) is -1.55. The zero-order chi connectivity index (χ0) is 31.4. The highest BCUT2D eigenvalue weighted by molar-refractivity contribution is 6.35. The molecular weight excluding hydrogens is 590 g/mol. The summed E-state index contributed by atoms with van der Waals surface area (Å²) in [6, 6.07) is 5.77. The zero-order valence-corrected chi connectivity index (χ0v) is 22.5. The van der Waals surface area contributed by atoms with Crippen molar-refractivity contribution < 1.29 is 50.3 Å². The van der Waals surface area contributed by atoms with Gasteiger partial charge in [0.2, 0.25) is 0 Å². The Morgan fingerprint density at radius 1 is 0.953 bits per heavy atom. The first-order valence-corrected chi connectivity index (χ1v) is 13.4. The summed E-state index contributed by atoms with van der Waals surface area (Å²) in [7, 11) is 0. The fraction of sp³-hybridized carbons (Fsp3) is 0.481. The van der Waals surface area contributed by atoms with Crippen LogP contribution in [0.2, 0.25) is 0 Å². The fourth-order valence-electron chi connectivity index (χ4n) is 4.99. The van der Waals surface area contributed by atoms with Crippen molar-refractivity contribution in [3.8, 4) is 5.75 Å². The lowest BCUT2D eigenvalue weighted by Gasteiger charge is -2.30. The van der Waals surface area contributed by atoms with Crippen LogP contribution >= 0.6 is 0 Å². The first-order valence-electron chi connectivity index (χ1n) is 13.4. The second-order valence-electron chi connectivity index (χ2n) is 10.2. The van der Waals surface area contributed by atoms with Crippen LogP contribution in [0.1, 0.15) is 42.4 Å². The van der Waals surface area contributed by atoms with Crippen LogP contribution < -0.4 is 20.7 Å². The van der Waals surface area contributed by atoms with Gasteiger partial charge in [0.05, 0.1) is 29.7 Å². The van der Waals surface area contributed by atoms with E-state index in [4.69, 9.17) is 9.47 Å². The van der Waals surface area contributed by atoms with Crippen molar-refractivity contribution >= 4 is 23.2 Å². The molecule has 0 radical (unpaired) electrons. The van der Waals surface area contributed by atoms with Gasteiger partial charge in [-0.2, -0.15) is 26.3 Å². The molecule has 4 rings (SSSR count). The monoisotopic (exact) mass is 618 g/mol. The number of fused-ring (bicyclic) bond motifs is 1. The van der Waals surface area contributed by atoms with E-state index in [0.29, 0.717) is 37.0 Å². The van der Waals surface area contributed by atoms with E-state index in [1.807, 2.05) is 0 Å². The van der Waals surface area contributed by atoms with Gasteiger partial charge in [-0.3, -0.25) is 19.7 Å². The number of carbonyl (C=O) groups excluding carboxylic acids is 2. The molecule has 1 aliphatic carbocycles. The Hall–Kier alpha value is -4.08. The molecule has 2 amide bonds. The van der Waals surface area contributed by atoms with E-state index >= 15 is 0 Å². The predicted molar refractivity (Wildman–Crippen MR) is 139 cm³/mol. The summed E-state index contributed by atoms with van der Waals surface area (Å²) in [6.45, 7) is 0.0775. The molecule has 43 heavy (non-hydrogen) atoms.